The molecule has 0 bridgehead atoms. The van der Waals surface area contributed by atoms with Crippen LogP contribution in [0, 0.1) is 6.92 Å². The van der Waals surface area contributed by atoms with Gasteiger partial charge < -0.3 is 30.2 Å². The minimum Gasteiger partial charge on any atom is -0.497 e. The second-order valence-electron chi connectivity index (χ2n) is 9.64. The van der Waals surface area contributed by atoms with E-state index in [4.69, 9.17) is 19.4 Å². The number of thiazole rings is 1. The number of alkyl halides is 3. The van der Waals surface area contributed by atoms with Gasteiger partial charge in [-0.3, -0.25) is 4.79 Å². The molecule has 0 unspecified atom stereocenters. The number of hydrogen-bond acceptors (Lipinski definition) is 8. The zero-order valence-electron chi connectivity index (χ0n) is 23.5. The van der Waals surface area contributed by atoms with E-state index in [1.165, 1.54) is 11.3 Å². The van der Waals surface area contributed by atoms with E-state index in [-0.39, 0.29) is 5.91 Å². The second-order valence-corrected chi connectivity index (χ2v) is 10.6. The summed E-state index contributed by atoms with van der Waals surface area (Å²) < 4.78 is 42.5. The molecule has 2 heterocycles. The molecule has 4 N–H and O–H groups in total. The first-order valence-electron chi connectivity index (χ1n) is 12.4. The SMILES string of the molecule is CCc1c(C(=O)OC(C)(C)C)[nH]c(CNc2ccc(OC)cc2)c1C(=O)NCc1nc(C)cs1.O=C(O)C(F)(F)F. The highest BCUT2D eigenvalue weighted by molar-refractivity contribution is 7.09. The molecular weight excluding hydrogens is 565 g/mol. The molecule has 3 aromatic rings. The van der Waals surface area contributed by atoms with Crippen molar-refractivity contribution >= 4 is 34.9 Å². The zero-order valence-corrected chi connectivity index (χ0v) is 24.3. The number of hydrogen-bond donors (Lipinski definition) is 4. The van der Waals surface area contributed by atoms with Gasteiger partial charge in [0.05, 0.1) is 25.8 Å². The average molecular weight is 599 g/mol. The molecule has 0 aliphatic heterocycles. The second kappa shape index (κ2) is 14.0. The summed E-state index contributed by atoms with van der Waals surface area (Å²) >= 11 is 1.50. The third kappa shape index (κ3) is 10.1. The smallest absolute Gasteiger partial charge is 0.490 e. The van der Waals surface area contributed by atoms with Gasteiger partial charge in [0.15, 0.2) is 0 Å². The molecule has 0 spiro atoms. The first-order valence-corrected chi connectivity index (χ1v) is 13.3. The van der Waals surface area contributed by atoms with Crippen molar-refractivity contribution in [1.82, 2.24) is 15.3 Å². The number of carboxylic acids is 1. The molecule has 1 aromatic carbocycles. The number of aromatic amines is 1. The van der Waals surface area contributed by atoms with E-state index in [1.807, 2.05) is 64.3 Å². The van der Waals surface area contributed by atoms with Crippen molar-refractivity contribution in [3.8, 4) is 5.75 Å². The lowest BCUT2D eigenvalue weighted by Crippen LogP contribution is -2.26. The number of methoxy groups -OCH3 is 1. The Bertz CT molecular complexity index is 1340. The van der Waals surface area contributed by atoms with Crippen LogP contribution < -0.4 is 15.4 Å². The number of aryl methyl sites for hydroxylation is 1. The number of aromatic nitrogens is 2. The fraction of sp³-hybridized carbons (Fsp3) is 0.407. The molecular formula is C27H33F3N4O6S. The van der Waals surface area contributed by atoms with Crippen molar-refractivity contribution < 1.29 is 42.1 Å². The Morgan fingerprint density at radius 2 is 1.71 bits per heavy atom. The van der Waals surface area contributed by atoms with E-state index in [2.05, 4.69) is 20.6 Å². The molecule has 10 nitrogen and oxygen atoms in total. The molecule has 0 radical (unpaired) electrons. The van der Waals surface area contributed by atoms with Gasteiger partial charge in [-0.25, -0.2) is 14.6 Å². The normalized spacial score (nSPS) is 11.2. The van der Waals surface area contributed by atoms with Gasteiger partial charge in [-0.1, -0.05) is 6.92 Å². The van der Waals surface area contributed by atoms with Gasteiger partial charge in [0.2, 0.25) is 0 Å². The Hall–Kier alpha value is -4.07. The van der Waals surface area contributed by atoms with Crippen LogP contribution in [0.15, 0.2) is 29.6 Å². The van der Waals surface area contributed by atoms with Crippen LogP contribution in [0.3, 0.4) is 0 Å². The van der Waals surface area contributed by atoms with Gasteiger partial charge >= 0.3 is 18.1 Å². The summed E-state index contributed by atoms with van der Waals surface area (Å²) in [6, 6.07) is 7.48. The Morgan fingerprint density at radius 3 is 2.17 bits per heavy atom. The summed E-state index contributed by atoms with van der Waals surface area (Å²) in [6.45, 7) is 9.91. The highest BCUT2D eigenvalue weighted by Gasteiger charge is 2.38. The minimum atomic E-state index is -5.08. The zero-order chi connectivity index (χ0) is 31.0. The van der Waals surface area contributed by atoms with E-state index in [0.29, 0.717) is 42.0 Å². The number of aliphatic carboxylic acids is 1. The van der Waals surface area contributed by atoms with Crippen LogP contribution in [-0.4, -0.2) is 51.8 Å². The van der Waals surface area contributed by atoms with Gasteiger partial charge in [0.25, 0.3) is 5.91 Å². The highest BCUT2D eigenvalue weighted by atomic mass is 32.1. The van der Waals surface area contributed by atoms with E-state index < -0.39 is 23.7 Å². The summed E-state index contributed by atoms with van der Waals surface area (Å²) in [7, 11) is 1.61. The van der Waals surface area contributed by atoms with Crippen molar-refractivity contribution in [2.75, 3.05) is 12.4 Å². The Balaban J connectivity index is 0.000000745. The lowest BCUT2D eigenvalue weighted by molar-refractivity contribution is -0.192. The number of carbonyl (C=O) groups excluding carboxylic acids is 2. The summed E-state index contributed by atoms with van der Waals surface area (Å²) in [5, 5.41) is 16.2. The molecule has 1 amide bonds. The number of halogens is 3. The van der Waals surface area contributed by atoms with Gasteiger partial charge in [0, 0.05) is 22.5 Å². The Labute approximate surface area is 239 Å². The van der Waals surface area contributed by atoms with Crippen LogP contribution in [0.25, 0.3) is 0 Å². The molecule has 224 valence electrons. The van der Waals surface area contributed by atoms with Gasteiger partial charge in [-0.15, -0.1) is 11.3 Å². The van der Waals surface area contributed by atoms with Crippen molar-refractivity contribution in [2.45, 2.75) is 65.9 Å². The van der Waals surface area contributed by atoms with Crippen molar-refractivity contribution in [3.63, 3.8) is 0 Å². The van der Waals surface area contributed by atoms with Crippen LogP contribution in [-0.2, 0) is 29.0 Å². The van der Waals surface area contributed by atoms with Crippen LogP contribution in [0.2, 0.25) is 0 Å². The van der Waals surface area contributed by atoms with Crippen LogP contribution >= 0.6 is 11.3 Å². The summed E-state index contributed by atoms with van der Waals surface area (Å²) in [6.07, 6.45) is -4.59. The maximum absolute atomic E-state index is 13.3. The largest absolute Gasteiger partial charge is 0.497 e. The summed E-state index contributed by atoms with van der Waals surface area (Å²) in [4.78, 5) is 42.7. The molecule has 3 rings (SSSR count). The molecule has 0 saturated carbocycles. The van der Waals surface area contributed by atoms with E-state index in [0.717, 1.165) is 22.1 Å². The van der Waals surface area contributed by atoms with Crippen LogP contribution in [0.1, 0.15) is 70.5 Å². The molecule has 0 atom stereocenters. The number of anilines is 1. The number of esters is 1. The van der Waals surface area contributed by atoms with Crippen molar-refractivity contribution in [2.24, 2.45) is 0 Å². The molecule has 0 aliphatic carbocycles. The summed E-state index contributed by atoms with van der Waals surface area (Å²) in [5.74, 6) is -2.75. The maximum atomic E-state index is 13.3. The monoisotopic (exact) mass is 598 g/mol. The fourth-order valence-corrected chi connectivity index (χ4v) is 4.20. The Kier molecular flexibility index (Phi) is 11.3. The molecule has 0 saturated heterocycles. The third-order valence-corrected chi connectivity index (χ3v) is 6.20. The third-order valence-electron chi connectivity index (χ3n) is 5.23. The van der Waals surface area contributed by atoms with Crippen molar-refractivity contribution in [3.05, 3.63) is 62.9 Å². The van der Waals surface area contributed by atoms with E-state index >= 15 is 0 Å². The van der Waals surface area contributed by atoms with Gasteiger partial charge in [0.1, 0.15) is 22.1 Å². The van der Waals surface area contributed by atoms with Gasteiger partial charge in [-0.2, -0.15) is 13.2 Å². The number of benzene rings is 1. The number of nitrogens with zero attached hydrogens (tertiary/aromatic N) is 1. The molecule has 41 heavy (non-hydrogen) atoms. The quantitative estimate of drug-likeness (QED) is 0.237. The van der Waals surface area contributed by atoms with E-state index in [9.17, 15) is 22.8 Å². The van der Waals surface area contributed by atoms with Crippen LogP contribution in [0.5, 0.6) is 5.75 Å². The molecule has 0 aliphatic rings. The van der Waals surface area contributed by atoms with E-state index in [1.54, 1.807) is 7.11 Å². The summed E-state index contributed by atoms with van der Waals surface area (Å²) in [5.41, 5.74) is 3.13. The van der Waals surface area contributed by atoms with Gasteiger partial charge in [-0.05, 0) is 63.9 Å². The predicted octanol–water partition coefficient (Wildman–Crippen LogP) is 5.48. The molecule has 0 fully saturated rings. The predicted molar refractivity (Wildman–Crippen MR) is 147 cm³/mol. The maximum Gasteiger partial charge on any atom is 0.490 e. The number of nitrogens with one attached hydrogen (secondary N) is 3. The lowest BCUT2D eigenvalue weighted by atomic mass is 10.0. The minimum absolute atomic E-state index is 0.262. The molecule has 2 aromatic heterocycles. The Morgan fingerprint density at radius 1 is 1.10 bits per heavy atom. The topological polar surface area (TPSA) is 143 Å². The standard InChI is InChI=1S/C25H32N4O4S.C2HF3O2/c1-7-18-21(23(30)27-13-20-28-15(2)14-34-20)19(29-22(18)24(31)33-25(3,4)5)12-26-16-8-10-17(32-6)11-9-16;3-2(4,5)1(6)7/h8-11,14,26,29H,7,12-13H2,1-6H3,(H,27,30);(H,6,7). The van der Waals surface area contributed by atoms with Crippen LogP contribution in [0.4, 0.5) is 18.9 Å². The first kappa shape index (κ1) is 33.1. The number of carboxylic acid groups (broad SMARTS) is 1. The number of rotatable bonds is 9. The highest BCUT2D eigenvalue weighted by Crippen LogP contribution is 2.25. The average Bonchev–Trinajstić information content (AvgIpc) is 3.48. The number of ether oxygens (including phenoxy) is 2. The number of H-pyrrole nitrogens is 1. The first-order chi connectivity index (χ1) is 19.1. The molecule has 14 heteroatoms. The van der Waals surface area contributed by atoms with Crippen molar-refractivity contribution in [1.29, 1.82) is 0 Å². The number of amides is 1. The number of carbonyl (C=O) groups is 3. The fourth-order valence-electron chi connectivity index (χ4n) is 3.49. The lowest BCUT2D eigenvalue weighted by Gasteiger charge is -2.19.